The van der Waals surface area contributed by atoms with Gasteiger partial charge < -0.3 is 10.4 Å². The number of carbonyl (C=O) groups excluding carboxylic acids is 1. The molecule has 0 unspecified atom stereocenters. The summed E-state index contributed by atoms with van der Waals surface area (Å²) in [5, 5.41) is 17.0. The van der Waals surface area contributed by atoms with Crippen LogP contribution in [0.5, 0.6) is 0 Å². The molecule has 3 heterocycles. The lowest BCUT2D eigenvalue weighted by Crippen LogP contribution is -2.41. The number of hydrogen-bond acceptors (Lipinski definition) is 6. The topological polar surface area (TPSA) is 96.2 Å². The number of nitrogens with zero attached hydrogens (tertiary/aromatic N) is 5. The fourth-order valence-electron chi connectivity index (χ4n) is 3.14. The SMILES string of the molecule is Cc1cc(CN2C[C@@H](CO)[C@H](NC(=O)c3cnccn3)C2)n(C)n1. The summed E-state index contributed by atoms with van der Waals surface area (Å²) in [6, 6.07) is 1.94. The second kappa shape index (κ2) is 7.06. The lowest BCUT2D eigenvalue weighted by atomic mass is 10.1. The Morgan fingerprint density at radius 1 is 1.42 bits per heavy atom. The van der Waals surface area contributed by atoms with Crippen LogP contribution in [0.15, 0.2) is 24.7 Å². The van der Waals surface area contributed by atoms with E-state index >= 15 is 0 Å². The summed E-state index contributed by atoms with van der Waals surface area (Å²) in [7, 11) is 1.93. The van der Waals surface area contributed by atoms with Crippen LogP contribution in [-0.4, -0.2) is 61.4 Å². The van der Waals surface area contributed by atoms with Gasteiger partial charge in [-0.15, -0.1) is 0 Å². The van der Waals surface area contributed by atoms with Crippen LogP contribution in [0.1, 0.15) is 21.9 Å². The van der Waals surface area contributed by atoms with Gasteiger partial charge in [-0.2, -0.15) is 5.10 Å². The standard InChI is InChI=1S/C16H22N6O2/c1-11-5-13(21(2)20-11)8-22-7-12(10-23)15(9-22)19-16(24)14-6-17-3-4-18-14/h3-6,12,15,23H,7-10H2,1-2H3,(H,19,24)/t12-,15+/m0/s1. The van der Waals surface area contributed by atoms with Crippen LogP contribution in [0.2, 0.25) is 0 Å². The van der Waals surface area contributed by atoms with E-state index in [2.05, 4.69) is 31.3 Å². The molecule has 3 rings (SSSR count). The second-order valence-corrected chi connectivity index (χ2v) is 6.21. The van der Waals surface area contributed by atoms with E-state index in [0.29, 0.717) is 6.54 Å². The van der Waals surface area contributed by atoms with E-state index in [1.165, 1.54) is 18.6 Å². The van der Waals surface area contributed by atoms with Crippen molar-refractivity contribution in [2.45, 2.75) is 19.5 Å². The molecule has 8 nitrogen and oxygen atoms in total. The Morgan fingerprint density at radius 3 is 2.88 bits per heavy atom. The zero-order chi connectivity index (χ0) is 17.1. The second-order valence-electron chi connectivity index (χ2n) is 6.21. The Labute approximate surface area is 140 Å². The first-order chi connectivity index (χ1) is 11.6. The van der Waals surface area contributed by atoms with Crippen molar-refractivity contribution in [2.75, 3.05) is 19.7 Å². The van der Waals surface area contributed by atoms with Crippen molar-refractivity contribution in [3.63, 3.8) is 0 Å². The van der Waals surface area contributed by atoms with Gasteiger partial charge in [0.05, 0.1) is 17.6 Å². The normalized spacial score (nSPS) is 21.1. The Kier molecular flexibility index (Phi) is 4.86. The molecule has 8 heteroatoms. The summed E-state index contributed by atoms with van der Waals surface area (Å²) in [5.41, 5.74) is 2.39. The van der Waals surface area contributed by atoms with Gasteiger partial charge in [-0.3, -0.25) is 19.4 Å². The van der Waals surface area contributed by atoms with E-state index in [1.54, 1.807) is 0 Å². The van der Waals surface area contributed by atoms with E-state index < -0.39 is 0 Å². The molecule has 2 aromatic heterocycles. The van der Waals surface area contributed by atoms with E-state index in [-0.39, 0.29) is 30.2 Å². The fraction of sp³-hybridized carbons (Fsp3) is 0.500. The van der Waals surface area contributed by atoms with Gasteiger partial charge in [-0.05, 0) is 13.0 Å². The van der Waals surface area contributed by atoms with Crippen molar-refractivity contribution in [1.29, 1.82) is 0 Å². The molecule has 0 aliphatic carbocycles. The molecule has 0 bridgehead atoms. The van der Waals surface area contributed by atoms with Gasteiger partial charge in [0.1, 0.15) is 5.69 Å². The number of carbonyl (C=O) groups is 1. The number of aliphatic hydroxyl groups is 1. The first kappa shape index (κ1) is 16.5. The van der Waals surface area contributed by atoms with Crippen LogP contribution >= 0.6 is 0 Å². The maximum absolute atomic E-state index is 12.3. The maximum atomic E-state index is 12.3. The van der Waals surface area contributed by atoms with Crippen LogP contribution in [0.3, 0.4) is 0 Å². The molecule has 2 N–H and O–H groups in total. The van der Waals surface area contributed by atoms with E-state index in [1.807, 2.05) is 18.7 Å². The number of rotatable bonds is 5. The molecule has 2 aromatic rings. The summed E-state index contributed by atoms with van der Waals surface area (Å²) in [6.45, 7) is 4.15. The average Bonchev–Trinajstić information content (AvgIpc) is 3.10. The van der Waals surface area contributed by atoms with Crippen molar-refractivity contribution in [3.05, 3.63) is 41.7 Å². The molecule has 0 radical (unpaired) electrons. The Morgan fingerprint density at radius 2 is 2.25 bits per heavy atom. The predicted octanol–water partition coefficient (Wildman–Crippen LogP) is -0.259. The van der Waals surface area contributed by atoms with Crippen LogP contribution in [0.4, 0.5) is 0 Å². The van der Waals surface area contributed by atoms with Crippen molar-refractivity contribution in [3.8, 4) is 0 Å². The lowest BCUT2D eigenvalue weighted by Gasteiger charge is -2.17. The van der Waals surface area contributed by atoms with Crippen LogP contribution < -0.4 is 5.32 Å². The van der Waals surface area contributed by atoms with Gasteiger partial charge >= 0.3 is 0 Å². The summed E-state index contributed by atoms with van der Waals surface area (Å²) >= 11 is 0. The van der Waals surface area contributed by atoms with Crippen LogP contribution in [0, 0.1) is 12.8 Å². The average molecular weight is 330 g/mol. The highest BCUT2D eigenvalue weighted by atomic mass is 16.3. The van der Waals surface area contributed by atoms with Crippen molar-refractivity contribution in [2.24, 2.45) is 13.0 Å². The number of aryl methyl sites for hydroxylation is 2. The third-order valence-corrected chi connectivity index (χ3v) is 4.35. The third kappa shape index (κ3) is 3.60. The van der Waals surface area contributed by atoms with Crippen molar-refractivity contribution in [1.82, 2.24) is 30.0 Å². The Bertz CT molecular complexity index is 702. The van der Waals surface area contributed by atoms with Gasteiger partial charge in [-0.25, -0.2) is 4.98 Å². The van der Waals surface area contributed by atoms with Crippen LogP contribution in [0.25, 0.3) is 0 Å². The Hall–Kier alpha value is -2.32. The molecule has 1 amide bonds. The monoisotopic (exact) mass is 330 g/mol. The summed E-state index contributed by atoms with van der Waals surface area (Å²) in [5.74, 6) is -0.260. The van der Waals surface area contributed by atoms with E-state index in [4.69, 9.17) is 0 Å². The number of likely N-dealkylation sites (tertiary alicyclic amines) is 1. The van der Waals surface area contributed by atoms with Gasteiger partial charge in [0.15, 0.2) is 0 Å². The highest BCUT2D eigenvalue weighted by Gasteiger charge is 2.34. The van der Waals surface area contributed by atoms with Crippen LogP contribution in [-0.2, 0) is 13.6 Å². The van der Waals surface area contributed by atoms with Gasteiger partial charge in [0.25, 0.3) is 5.91 Å². The number of nitrogens with one attached hydrogen (secondary N) is 1. The molecule has 2 atom stereocenters. The molecule has 0 saturated carbocycles. The zero-order valence-electron chi connectivity index (χ0n) is 13.9. The zero-order valence-corrected chi connectivity index (χ0v) is 13.9. The highest BCUT2D eigenvalue weighted by molar-refractivity contribution is 5.92. The summed E-state index contributed by atoms with van der Waals surface area (Å²) < 4.78 is 1.87. The Balaban J connectivity index is 1.64. The van der Waals surface area contributed by atoms with Gasteiger partial charge in [-0.1, -0.05) is 0 Å². The first-order valence-corrected chi connectivity index (χ1v) is 7.96. The largest absolute Gasteiger partial charge is 0.396 e. The smallest absolute Gasteiger partial charge is 0.271 e. The number of hydrogen-bond donors (Lipinski definition) is 2. The maximum Gasteiger partial charge on any atom is 0.271 e. The number of aliphatic hydroxyl groups excluding tert-OH is 1. The number of aromatic nitrogens is 4. The van der Waals surface area contributed by atoms with E-state index in [0.717, 1.165) is 24.5 Å². The van der Waals surface area contributed by atoms with Crippen molar-refractivity contribution >= 4 is 5.91 Å². The summed E-state index contributed by atoms with van der Waals surface area (Å²) in [4.78, 5) is 22.4. The minimum atomic E-state index is -0.259. The van der Waals surface area contributed by atoms with Gasteiger partial charge in [0.2, 0.25) is 0 Å². The molecule has 1 aliphatic rings. The minimum absolute atomic E-state index is 0.0000501. The number of amides is 1. The quantitative estimate of drug-likeness (QED) is 0.784. The molecule has 0 aromatic carbocycles. The molecular weight excluding hydrogens is 308 g/mol. The predicted molar refractivity (Wildman–Crippen MR) is 87.1 cm³/mol. The molecule has 1 fully saturated rings. The lowest BCUT2D eigenvalue weighted by molar-refractivity contribution is 0.0915. The molecule has 128 valence electrons. The molecule has 24 heavy (non-hydrogen) atoms. The molecule has 0 spiro atoms. The van der Waals surface area contributed by atoms with Crippen molar-refractivity contribution < 1.29 is 9.90 Å². The third-order valence-electron chi connectivity index (χ3n) is 4.35. The molecular formula is C16H22N6O2. The molecule has 1 saturated heterocycles. The summed E-state index contributed by atoms with van der Waals surface area (Å²) in [6.07, 6.45) is 4.46. The first-order valence-electron chi connectivity index (χ1n) is 7.96. The fourth-order valence-corrected chi connectivity index (χ4v) is 3.14. The highest BCUT2D eigenvalue weighted by Crippen LogP contribution is 2.19. The van der Waals surface area contributed by atoms with Gasteiger partial charge in [0, 0.05) is 57.6 Å². The minimum Gasteiger partial charge on any atom is -0.396 e. The molecule has 1 aliphatic heterocycles. The van der Waals surface area contributed by atoms with E-state index in [9.17, 15) is 9.90 Å².